The highest BCUT2D eigenvalue weighted by atomic mass is 32.2. The van der Waals surface area contributed by atoms with E-state index in [0.717, 1.165) is 16.1 Å². The van der Waals surface area contributed by atoms with Crippen molar-refractivity contribution in [3.63, 3.8) is 0 Å². The van der Waals surface area contributed by atoms with Gasteiger partial charge in [0.15, 0.2) is 10.1 Å². The Kier molecular flexibility index (Phi) is 7.31. The van der Waals surface area contributed by atoms with Gasteiger partial charge in [-0.3, -0.25) is 14.5 Å². The molecule has 37 heavy (non-hydrogen) atoms. The third-order valence-electron chi connectivity index (χ3n) is 5.68. The number of aliphatic hydroxyl groups is 1. The fraction of sp³-hybridized carbons (Fsp3) is 0.148. The molecule has 0 saturated carbocycles. The number of hydrogen-bond donors (Lipinski definition) is 1. The standard InChI is InChI=1S/C27H22N4O3S3/c1-16-24(36-17(2)28-16)22(32)21-20(14-13-18-9-5-3-6-10-18)31(25(34)23(21)33)26-29-30-27(37-26)35-15-19-11-7-4-8-12-19/h3-14,20,33H,15H2,1-2H3/b14-13+. The zero-order valence-corrected chi connectivity index (χ0v) is 22.4. The summed E-state index contributed by atoms with van der Waals surface area (Å²) in [6, 6.07) is 18.7. The smallest absolute Gasteiger partial charge is 0.296 e. The molecule has 2 aromatic heterocycles. The highest BCUT2D eigenvalue weighted by Crippen LogP contribution is 2.38. The van der Waals surface area contributed by atoms with Gasteiger partial charge < -0.3 is 5.11 Å². The van der Waals surface area contributed by atoms with E-state index in [-0.39, 0.29) is 5.57 Å². The molecule has 0 radical (unpaired) electrons. The summed E-state index contributed by atoms with van der Waals surface area (Å²) in [5, 5.41) is 20.5. The van der Waals surface area contributed by atoms with Crippen molar-refractivity contribution in [3.8, 4) is 0 Å². The lowest BCUT2D eigenvalue weighted by molar-refractivity contribution is -0.116. The number of nitrogens with zero attached hydrogens (tertiary/aromatic N) is 4. The van der Waals surface area contributed by atoms with Crippen LogP contribution in [0.3, 0.4) is 0 Å². The second-order valence-corrected chi connectivity index (χ2v) is 11.6. The van der Waals surface area contributed by atoms with Crippen molar-refractivity contribution >= 4 is 57.3 Å². The second-order valence-electron chi connectivity index (χ2n) is 8.25. The maximum Gasteiger partial charge on any atom is 0.296 e. The van der Waals surface area contributed by atoms with E-state index in [2.05, 4.69) is 15.2 Å². The summed E-state index contributed by atoms with van der Waals surface area (Å²) in [5.41, 5.74) is 2.62. The zero-order valence-electron chi connectivity index (χ0n) is 20.0. The molecule has 0 fully saturated rings. The lowest BCUT2D eigenvalue weighted by Crippen LogP contribution is -2.35. The van der Waals surface area contributed by atoms with Crippen LogP contribution >= 0.6 is 34.4 Å². The summed E-state index contributed by atoms with van der Waals surface area (Å²) in [6.45, 7) is 3.57. The molecule has 1 unspecified atom stereocenters. The molecule has 1 atom stereocenters. The van der Waals surface area contributed by atoms with Gasteiger partial charge in [-0.05, 0) is 25.0 Å². The number of amides is 1. The molecule has 0 saturated heterocycles. The van der Waals surface area contributed by atoms with Gasteiger partial charge in [0.1, 0.15) is 0 Å². The van der Waals surface area contributed by atoms with Gasteiger partial charge in [0.2, 0.25) is 10.9 Å². The van der Waals surface area contributed by atoms with Crippen molar-refractivity contribution in [3.05, 3.63) is 105 Å². The van der Waals surface area contributed by atoms with Crippen LogP contribution in [-0.4, -0.2) is 38.0 Å². The lowest BCUT2D eigenvalue weighted by Gasteiger charge is -2.20. The van der Waals surface area contributed by atoms with Crippen molar-refractivity contribution in [2.45, 2.75) is 30.0 Å². The minimum absolute atomic E-state index is 0.0117. The van der Waals surface area contributed by atoms with Crippen LogP contribution in [0.25, 0.3) is 6.08 Å². The SMILES string of the molecule is Cc1nc(C)c(C(=O)C2=C(O)C(=O)N(c3nnc(SCc4ccccc4)s3)C2/C=C/c2ccccc2)s1. The molecule has 0 aliphatic carbocycles. The summed E-state index contributed by atoms with van der Waals surface area (Å²) in [5.74, 6) is -0.965. The van der Waals surface area contributed by atoms with E-state index in [1.807, 2.05) is 73.7 Å². The van der Waals surface area contributed by atoms with Gasteiger partial charge in [0.05, 0.1) is 27.2 Å². The van der Waals surface area contributed by atoms with Gasteiger partial charge in [-0.15, -0.1) is 21.5 Å². The minimum Gasteiger partial charge on any atom is -0.503 e. The minimum atomic E-state index is -0.845. The largest absolute Gasteiger partial charge is 0.503 e. The Bertz CT molecular complexity index is 1510. The Morgan fingerprint density at radius 3 is 2.43 bits per heavy atom. The Hall–Kier alpha value is -3.60. The van der Waals surface area contributed by atoms with Gasteiger partial charge in [-0.25, -0.2) is 4.98 Å². The molecule has 10 heteroatoms. The highest BCUT2D eigenvalue weighted by molar-refractivity contribution is 8.00. The number of aliphatic hydroxyl groups excluding tert-OH is 1. The van der Waals surface area contributed by atoms with Gasteiger partial charge in [-0.2, -0.15) is 0 Å². The van der Waals surface area contributed by atoms with Crippen LogP contribution in [0.15, 0.2) is 82.4 Å². The number of carbonyl (C=O) groups excluding carboxylic acids is 2. The van der Waals surface area contributed by atoms with Gasteiger partial charge in [0.25, 0.3) is 5.91 Å². The molecular formula is C27H22N4O3S3. The lowest BCUT2D eigenvalue weighted by atomic mass is 10.0. The van der Waals surface area contributed by atoms with E-state index < -0.39 is 23.5 Å². The predicted molar refractivity (Wildman–Crippen MR) is 148 cm³/mol. The molecule has 1 amide bonds. The first-order chi connectivity index (χ1) is 17.9. The van der Waals surface area contributed by atoms with E-state index in [1.54, 1.807) is 13.0 Å². The fourth-order valence-electron chi connectivity index (χ4n) is 3.96. The first kappa shape index (κ1) is 25.1. The van der Waals surface area contributed by atoms with E-state index in [9.17, 15) is 14.7 Å². The first-order valence-corrected chi connectivity index (χ1v) is 14.0. The molecule has 0 spiro atoms. The summed E-state index contributed by atoms with van der Waals surface area (Å²) in [6.07, 6.45) is 3.57. The number of Topliss-reactive ketones (excluding diaryl/α,β-unsaturated/α-hetero) is 1. The van der Waals surface area contributed by atoms with E-state index in [0.29, 0.717) is 25.8 Å². The third kappa shape index (κ3) is 5.27. The van der Waals surface area contributed by atoms with Crippen LogP contribution in [0.2, 0.25) is 0 Å². The molecular weight excluding hydrogens is 525 g/mol. The molecule has 1 aliphatic heterocycles. The Balaban J connectivity index is 1.48. The monoisotopic (exact) mass is 546 g/mol. The molecule has 4 aromatic rings. The number of ketones is 1. The van der Waals surface area contributed by atoms with Crippen molar-refractivity contribution in [2.75, 3.05) is 4.90 Å². The number of hydrogen-bond acceptors (Lipinski definition) is 9. The highest BCUT2D eigenvalue weighted by Gasteiger charge is 2.44. The first-order valence-electron chi connectivity index (χ1n) is 11.4. The number of aryl methyl sites for hydroxylation is 2. The van der Waals surface area contributed by atoms with E-state index in [1.165, 1.54) is 39.3 Å². The van der Waals surface area contributed by atoms with Crippen molar-refractivity contribution in [1.82, 2.24) is 15.2 Å². The average Bonchev–Trinajstić information content (AvgIpc) is 3.58. The molecule has 1 aliphatic rings. The summed E-state index contributed by atoms with van der Waals surface area (Å²) >= 11 is 4.01. The number of rotatable bonds is 8. The van der Waals surface area contributed by atoms with Crippen molar-refractivity contribution in [2.24, 2.45) is 0 Å². The fourth-order valence-corrected chi connectivity index (χ4v) is 6.67. The van der Waals surface area contributed by atoms with Crippen LogP contribution < -0.4 is 4.90 Å². The van der Waals surface area contributed by atoms with E-state index >= 15 is 0 Å². The molecule has 7 nitrogen and oxygen atoms in total. The average molecular weight is 547 g/mol. The maximum absolute atomic E-state index is 13.6. The van der Waals surface area contributed by atoms with Crippen molar-refractivity contribution < 1.29 is 14.7 Å². The number of benzene rings is 2. The van der Waals surface area contributed by atoms with Crippen LogP contribution in [-0.2, 0) is 10.5 Å². The quantitative estimate of drug-likeness (QED) is 0.164. The molecule has 0 bridgehead atoms. The number of thiazole rings is 1. The van der Waals surface area contributed by atoms with Gasteiger partial charge >= 0.3 is 0 Å². The second kappa shape index (κ2) is 10.8. The summed E-state index contributed by atoms with van der Waals surface area (Å²) < 4.78 is 0.686. The van der Waals surface area contributed by atoms with Crippen LogP contribution in [0.4, 0.5) is 5.13 Å². The van der Waals surface area contributed by atoms with Gasteiger partial charge in [0, 0.05) is 5.75 Å². The third-order valence-corrected chi connectivity index (χ3v) is 8.88. The maximum atomic E-state index is 13.6. The van der Waals surface area contributed by atoms with Crippen LogP contribution in [0, 0.1) is 13.8 Å². The molecule has 5 rings (SSSR count). The molecule has 186 valence electrons. The topological polar surface area (TPSA) is 96.3 Å². The zero-order chi connectivity index (χ0) is 25.9. The Labute approximate surface area is 226 Å². The normalized spacial score (nSPS) is 15.8. The number of aromatic nitrogens is 3. The Morgan fingerprint density at radius 1 is 1.05 bits per heavy atom. The van der Waals surface area contributed by atoms with Gasteiger partial charge in [-0.1, -0.05) is 95.9 Å². The van der Waals surface area contributed by atoms with Crippen LogP contribution in [0.1, 0.15) is 31.5 Å². The van der Waals surface area contributed by atoms with Crippen molar-refractivity contribution in [1.29, 1.82) is 0 Å². The number of carbonyl (C=O) groups is 2. The Morgan fingerprint density at radius 2 is 1.76 bits per heavy atom. The summed E-state index contributed by atoms with van der Waals surface area (Å²) in [7, 11) is 0. The molecule has 2 aromatic carbocycles. The van der Waals surface area contributed by atoms with E-state index in [4.69, 9.17) is 0 Å². The summed E-state index contributed by atoms with van der Waals surface area (Å²) in [4.78, 5) is 33.0. The number of anilines is 1. The van der Waals surface area contributed by atoms with Crippen LogP contribution in [0.5, 0.6) is 0 Å². The number of thioether (sulfide) groups is 1. The molecule has 3 heterocycles. The molecule has 1 N–H and O–H groups in total. The predicted octanol–water partition coefficient (Wildman–Crippen LogP) is 6.03.